The third-order valence-electron chi connectivity index (χ3n) is 5.46. The molecule has 5 nitrogen and oxygen atoms in total. The van der Waals surface area contributed by atoms with Crippen molar-refractivity contribution in [1.82, 2.24) is 5.32 Å². The molecule has 0 heterocycles. The van der Waals surface area contributed by atoms with Gasteiger partial charge in [0.05, 0.1) is 21.6 Å². The van der Waals surface area contributed by atoms with Crippen molar-refractivity contribution in [3.8, 4) is 0 Å². The van der Waals surface area contributed by atoms with Gasteiger partial charge in [0.15, 0.2) is 0 Å². The fraction of sp³-hybridized carbons (Fsp3) is 0.269. The average Bonchev–Trinajstić information content (AvgIpc) is 2.79. The first-order valence-electron chi connectivity index (χ1n) is 10.8. The smallest absolute Gasteiger partial charge is 0.264 e. The van der Waals surface area contributed by atoms with Crippen LogP contribution in [0.15, 0.2) is 77.7 Å². The summed E-state index contributed by atoms with van der Waals surface area (Å²) < 4.78 is 41.4. The number of halogens is 2. The van der Waals surface area contributed by atoms with E-state index in [0.29, 0.717) is 0 Å². The molecule has 0 saturated carbocycles. The van der Waals surface area contributed by atoms with Gasteiger partial charge in [0.1, 0.15) is 12.4 Å². The Morgan fingerprint density at radius 1 is 1.03 bits per heavy atom. The predicted octanol–water partition coefficient (Wildman–Crippen LogP) is 5.85. The van der Waals surface area contributed by atoms with Crippen LogP contribution in [0.4, 0.5) is 10.1 Å². The summed E-state index contributed by atoms with van der Waals surface area (Å²) in [7, 11) is -4.11. The van der Waals surface area contributed by atoms with Gasteiger partial charge >= 0.3 is 0 Å². The molecule has 3 aromatic rings. The number of anilines is 1. The molecular formula is C26H28ClFN2O3S. The standard InChI is InChI=1S/C26H28ClFN2O3S/c1-18(19-10-12-20(13-11-19)26(2,3)4)29-25(31)17-30(21-14-15-24(28)23(27)16-21)34(32,33)22-8-6-5-7-9-22/h5-16,18H,17H2,1-4H3,(H,29,31). The van der Waals surface area contributed by atoms with Crippen molar-refractivity contribution in [1.29, 1.82) is 0 Å². The average molecular weight is 503 g/mol. The molecule has 0 aliphatic carbocycles. The molecule has 0 spiro atoms. The fourth-order valence-corrected chi connectivity index (χ4v) is 5.06. The monoisotopic (exact) mass is 502 g/mol. The van der Waals surface area contributed by atoms with E-state index in [1.807, 2.05) is 31.2 Å². The lowest BCUT2D eigenvalue weighted by Crippen LogP contribution is -2.41. The second-order valence-corrected chi connectivity index (χ2v) is 11.4. The van der Waals surface area contributed by atoms with E-state index in [1.165, 1.54) is 29.8 Å². The van der Waals surface area contributed by atoms with Crippen LogP contribution in [0.2, 0.25) is 5.02 Å². The molecule has 1 amide bonds. The summed E-state index contributed by atoms with van der Waals surface area (Å²) in [5.74, 6) is -1.19. The molecule has 3 aromatic carbocycles. The van der Waals surface area contributed by atoms with Crippen LogP contribution in [0.1, 0.15) is 44.9 Å². The maximum atomic E-state index is 13.7. The van der Waals surface area contributed by atoms with Gasteiger partial charge in [0.25, 0.3) is 10.0 Å². The Balaban J connectivity index is 1.86. The maximum Gasteiger partial charge on any atom is 0.264 e. The van der Waals surface area contributed by atoms with Gasteiger partial charge in [-0.25, -0.2) is 12.8 Å². The highest BCUT2D eigenvalue weighted by molar-refractivity contribution is 7.92. The summed E-state index contributed by atoms with van der Waals surface area (Å²) in [6.45, 7) is 7.70. The van der Waals surface area contributed by atoms with Gasteiger partial charge in [-0.15, -0.1) is 0 Å². The number of benzene rings is 3. The van der Waals surface area contributed by atoms with Gasteiger partial charge in [-0.2, -0.15) is 0 Å². The van der Waals surface area contributed by atoms with E-state index in [0.717, 1.165) is 15.9 Å². The van der Waals surface area contributed by atoms with Gasteiger partial charge in [-0.1, -0.05) is 74.8 Å². The Morgan fingerprint density at radius 3 is 2.21 bits per heavy atom. The molecule has 1 N–H and O–H groups in total. The van der Waals surface area contributed by atoms with Crippen molar-refractivity contribution >= 4 is 33.2 Å². The fourth-order valence-electron chi connectivity index (χ4n) is 3.45. The van der Waals surface area contributed by atoms with Gasteiger partial charge in [-0.05, 0) is 53.8 Å². The summed E-state index contributed by atoms with van der Waals surface area (Å²) >= 11 is 5.90. The minimum absolute atomic E-state index is 0.00769. The molecule has 8 heteroatoms. The van der Waals surface area contributed by atoms with E-state index in [9.17, 15) is 17.6 Å². The highest BCUT2D eigenvalue weighted by Gasteiger charge is 2.28. The number of nitrogens with zero attached hydrogens (tertiary/aromatic N) is 1. The first kappa shape index (κ1) is 25.7. The Bertz CT molecular complexity index is 1260. The zero-order valence-corrected chi connectivity index (χ0v) is 21.1. The number of nitrogens with one attached hydrogen (secondary N) is 1. The van der Waals surface area contributed by atoms with Crippen LogP contribution in [-0.2, 0) is 20.2 Å². The lowest BCUT2D eigenvalue weighted by atomic mass is 9.86. The topological polar surface area (TPSA) is 66.5 Å². The van der Waals surface area contributed by atoms with Gasteiger partial charge in [0.2, 0.25) is 5.91 Å². The van der Waals surface area contributed by atoms with Gasteiger partial charge in [0, 0.05) is 0 Å². The number of carbonyl (C=O) groups excluding carboxylic acids is 1. The summed E-state index contributed by atoms with van der Waals surface area (Å²) in [4.78, 5) is 13.0. The molecule has 0 bridgehead atoms. The predicted molar refractivity (Wildman–Crippen MR) is 134 cm³/mol. The molecular weight excluding hydrogens is 475 g/mol. The first-order chi connectivity index (χ1) is 15.9. The van der Waals surface area contributed by atoms with Gasteiger partial charge in [-0.3, -0.25) is 9.10 Å². The van der Waals surface area contributed by atoms with Crippen molar-refractivity contribution in [2.45, 2.75) is 44.0 Å². The number of carbonyl (C=O) groups is 1. The summed E-state index contributed by atoms with van der Waals surface area (Å²) in [5, 5.41) is 2.61. The van der Waals surface area contributed by atoms with E-state index in [4.69, 9.17) is 11.6 Å². The lowest BCUT2D eigenvalue weighted by molar-refractivity contribution is -0.120. The first-order valence-corrected chi connectivity index (χ1v) is 12.6. The zero-order chi connectivity index (χ0) is 25.1. The molecule has 34 heavy (non-hydrogen) atoms. The quantitative estimate of drug-likeness (QED) is 0.440. The van der Waals surface area contributed by atoms with E-state index < -0.39 is 28.3 Å². The van der Waals surface area contributed by atoms with Crippen LogP contribution in [0.5, 0.6) is 0 Å². The third-order valence-corrected chi connectivity index (χ3v) is 7.54. The van der Waals surface area contributed by atoms with Crippen molar-refractivity contribution < 1.29 is 17.6 Å². The number of sulfonamides is 1. The molecule has 0 aliphatic rings. The van der Waals surface area contributed by atoms with E-state index in [1.54, 1.807) is 18.2 Å². The zero-order valence-electron chi connectivity index (χ0n) is 19.5. The van der Waals surface area contributed by atoms with E-state index in [2.05, 4.69) is 26.1 Å². The van der Waals surface area contributed by atoms with Crippen LogP contribution >= 0.6 is 11.6 Å². The molecule has 0 fully saturated rings. The highest BCUT2D eigenvalue weighted by Crippen LogP contribution is 2.28. The van der Waals surface area contributed by atoms with Crippen LogP contribution in [-0.4, -0.2) is 20.9 Å². The molecule has 0 aromatic heterocycles. The Morgan fingerprint density at radius 2 is 1.65 bits per heavy atom. The lowest BCUT2D eigenvalue weighted by Gasteiger charge is -2.25. The molecule has 0 saturated heterocycles. The van der Waals surface area contributed by atoms with Crippen LogP contribution in [0, 0.1) is 5.82 Å². The molecule has 1 unspecified atom stereocenters. The largest absolute Gasteiger partial charge is 0.348 e. The molecule has 1 atom stereocenters. The van der Waals surface area contributed by atoms with Crippen molar-refractivity contribution in [2.75, 3.05) is 10.8 Å². The van der Waals surface area contributed by atoms with Crippen molar-refractivity contribution in [3.63, 3.8) is 0 Å². The number of hydrogen-bond donors (Lipinski definition) is 1. The molecule has 0 aliphatic heterocycles. The maximum absolute atomic E-state index is 13.7. The minimum atomic E-state index is -4.11. The minimum Gasteiger partial charge on any atom is -0.348 e. The normalized spacial score (nSPS) is 12.8. The van der Waals surface area contributed by atoms with Crippen LogP contribution < -0.4 is 9.62 Å². The van der Waals surface area contributed by atoms with E-state index >= 15 is 0 Å². The number of amides is 1. The molecule has 3 rings (SSSR count). The van der Waals surface area contributed by atoms with E-state index in [-0.39, 0.29) is 27.1 Å². The highest BCUT2D eigenvalue weighted by atomic mass is 35.5. The second kappa shape index (κ2) is 10.2. The number of hydrogen-bond acceptors (Lipinski definition) is 3. The summed E-state index contributed by atoms with van der Waals surface area (Å²) in [5.41, 5.74) is 2.16. The Hall–Kier alpha value is -2.90. The summed E-state index contributed by atoms with van der Waals surface area (Å²) in [6.07, 6.45) is 0. The molecule has 0 radical (unpaired) electrons. The molecule has 180 valence electrons. The summed E-state index contributed by atoms with van der Waals surface area (Å²) in [6, 6.07) is 18.9. The van der Waals surface area contributed by atoms with Gasteiger partial charge < -0.3 is 5.32 Å². The Kier molecular flexibility index (Phi) is 7.68. The third kappa shape index (κ3) is 5.96. The SMILES string of the molecule is CC(NC(=O)CN(c1ccc(F)c(Cl)c1)S(=O)(=O)c1ccccc1)c1ccc(C(C)(C)C)cc1. The number of rotatable bonds is 7. The second-order valence-electron chi connectivity index (χ2n) is 9.08. The van der Waals surface area contributed by atoms with Crippen molar-refractivity contribution in [2.24, 2.45) is 0 Å². The Labute approximate surface area is 205 Å². The van der Waals surface area contributed by atoms with Crippen molar-refractivity contribution in [3.05, 3.63) is 94.8 Å². The van der Waals surface area contributed by atoms with Crippen LogP contribution in [0.25, 0.3) is 0 Å². The van der Waals surface area contributed by atoms with Crippen LogP contribution in [0.3, 0.4) is 0 Å².